The lowest BCUT2D eigenvalue weighted by Gasteiger charge is -2.00. The summed E-state index contributed by atoms with van der Waals surface area (Å²) in [6.45, 7) is 2.56. The molecule has 1 heterocycles. The van der Waals surface area contributed by atoms with Crippen LogP contribution in [-0.2, 0) is 6.54 Å². The van der Waals surface area contributed by atoms with Crippen LogP contribution in [0.2, 0.25) is 5.02 Å². The number of benzene rings is 1. The Morgan fingerprint density at radius 3 is 2.65 bits per heavy atom. The van der Waals surface area contributed by atoms with Gasteiger partial charge in [0.05, 0.1) is 12.8 Å². The summed E-state index contributed by atoms with van der Waals surface area (Å²) in [7, 11) is 0. The Labute approximate surface area is 105 Å². The number of hydrogen-bond donors (Lipinski definition) is 1. The molecule has 1 aromatic carbocycles. The third-order valence-electron chi connectivity index (χ3n) is 2.24. The average Bonchev–Trinajstić information content (AvgIpc) is 2.73. The summed E-state index contributed by atoms with van der Waals surface area (Å²) in [4.78, 5) is 0. The van der Waals surface area contributed by atoms with Crippen molar-refractivity contribution in [3.63, 3.8) is 0 Å². The van der Waals surface area contributed by atoms with Crippen molar-refractivity contribution in [2.75, 3.05) is 0 Å². The predicted molar refractivity (Wildman–Crippen MR) is 69.3 cm³/mol. The van der Waals surface area contributed by atoms with E-state index in [0.29, 0.717) is 6.54 Å². The quantitative estimate of drug-likeness (QED) is 0.665. The minimum Gasteiger partial charge on any atom is -0.460 e. The largest absolute Gasteiger partial charge is 0.460 e. The van der Waals surface area contributed by atoms with Crippen molar-refractivity contribution in [2.45, 2.75) is 13.5 Å². The molecular formula is C13H13ClN2O. The van der Waals surface area contributed by atoms with Crippen LogP contribution in [0.25, 0.3) is 0 Å². The van der Waals surface area contributed by atoms with Gasteiger partial charge in [-0.15, -0.1) is 0 Å². The Morgan fingerprint density at radius 2 is 2.00 bits per heavy atom. The smallest absolute Gasteiger partial charge is 0.147 e. The van der Waals surface area contributed by atoms with Crippen molar-refractivity contribution < 1.29 is 4.42 Å². The van der Waals surface area contributed by atoms with Crippen LogP contribution < -0.4 is 5.43 Å². The van der Waals surface area contributed by atoms with Gasteiger partial charge in [0, 0.05) is 5.02 Å². The molecule has 2 aromatic rings. The lowest BCUT2D eigenvalue weighted by atomic mass is 10.2. The van der Waals surface area contributed by atoms with Crippen molar-refractivity contribution in [3.8, 4) is 0 Å². The van der Waals surface area contributed by atoms with Crippen LogP contribution in [-0.4, -0.2) is 6.21 Å². The summed E-state index contributed by atoms with van der Waals surface area (Å²) in [6, 6.07) is 11.4. The number of hydrazone groups is 1. The second-order valence-electron chi connectivity index (χ2n) is 3.67. The van der Waals surface area contributed by atoms with Gasteiger partial charge in [-0.2, -0.15) is 5.10 Å². The van der Waals surface area contributed by atoms with E-state index in [4.69, 9.17) is 16.0 Å². The normalized spacial score (nSPS) is 10.9. The Hall–Kier alpha value is -1.74. The molecule has 1 N–H and O–H groups in total. The van der Waals surface area contributed by atoms with E-state index in [1.807, 2.05) is 43.3 Å². The Kier molecular flexibility index (Phi) is 3.83. The highest BCUT2D eigenvalue weighted by Gasteiger charge is 1.93. The summed E-state index contributed by atoms with van der Waals surface area (Å²) in [5.41, 5.74) is 4.07. The van der Waals surface area contributed by atoms with Gasteiger partial charge in [0.25, 0.3) is 0 Å². The van der Waals surface area contributed by atoms with Gasteiger partial charge in [0.15, 0.2) is 0 Å². The highest BCUT2D eigenvalue weighted by Crippen LogP contribution is 2.09. The number of hydrogen-bond acceptors (Lipinski definition) is 3. The zero-order valence-corrected chi connectivity index (χ0v) is 10.2. The lowest BCUT2D eigenvalue weighted by molar-refractivity contribution is 0.527. The second kappa shape index (κ2) is 5.55. The van der Waals surface area contributed by atoms with Gasteiger partial charge >= 0.3 is 0 Å². The maximum Gasteiger partial charge on any atom is 0.147 e. The molecule has 0 saturated carbocycles. The van der Waals surface area contributed by atoms with E-state index in [-0.39, 0.29) is 0 Å². The Balaban J connectivity index is 1.83. The lowest BCUT2D eigenvalue weighted by Crippen LogP contribution is -2.05. The van der Waals surface area contributed by atoms with E-state index in [2.05, 4.69) is 10.5 Å². The number of nitrogens with zero attached hydrogens (tertiary/aromatic N) is 1. The molecule has 0 radical (unpaired) electrons. The SMILES string of the molecule is Cc1ccc(/C=N\NCc2ccc(Cl)cc2)o1. The number of rotatable bonds is 4. The third-order valence-corrected chi connectivity index (χ3v) is 2.49. The zero-order valence-electron chi connectivity index (χ0n) is 9.48. The maximum absolute atomic E-state index is 5.79. The van der Waals surface area contributed by atoms with Crippen LogP contribution in [0.1, 0.15) is 17.1 Å². The molecular weight excluding hydrogens is 236 g/mol. The first kappa shape index (κ1) is 11.7. The van der Waals surface area contributed by atoms with Gasteiger partial charge in [-0.3, -0.25) is 0 Å². The minimum atomic E-state index is 0.660. The van der Waals surface area contributed by atoms with Crippen molar-refractivity contribution in [2.24, 2.45) is 5.10 Å². The molecule has 0 fully saturated rings. The van der Waals surface area contributed by atoms with E-state index in [1.54, 1.807) is 6.21 Å². The first-order valence-corrected chi connectivity index (χ1v) is 5.68. The standard InChI is InChI=1S/C13H13ClN2O/c1-10-2-7-13(17-10)9-16-15-8-11-3-5-12(14)6-4-11/h2-7,9,15H,8H2,1H3/b16-9-. The number of furan rings is 1. The van der Waals surface area contributed by atoms with Gasteiger partial charge < -0.3 is 9.84 Å². The first-order chi connectivity index (χ1) is 8.24. The van der Waals surface area contributed by atoms with Crippen molar-refractivity contribution in [1.82, 2.24) is 5.43 Å². The predicted octanol–water partition coefficient (Wildman–Crippen LogP) is 3.37. The minimum absolute atomic E-state index is 0.660. The van der Waals surface area contributed by atoms with Crippen LogP contribution in [0.5, 0.6) is 0 Å². The van der Waals surface area contributed by atoms with Crippen molar-refractivity contribution in [3.05, 3.63) is 58.5 Å². The number of nitrogens with one attached hydrogen (secondary N) is 1. The maximum atomic E-state index is 5.79. The van der Waals surface area contributed by atoms with E-state index in [1.165, 1.54) is 0 Å². The molecule has 0 spiro atoms. The average molecular weight is 249 g/mol. The molecule has 0 bridgehead atoms. The van der Waals surface area contributed by atoms with Gasteiger partial charge in [0.2, 0.25) is 0 Å². The molecule has 0 amide bonds. The molecule has 2 rings (SSSR count). The topological polar surface area (TPSA) is 37.5 Å². The first-order valence-electron chi connectivity index (χ1n) is 5.31. The third kappa shape index (κ3) is 3.64. The molecule has 0 saturated heterocycles. The number of halogens is 1. The highest BCUT2D eigenvalue weighted by molar-refractivity contribution is 6.30. The molecule has 0 aliphatic rings. The van der Waals surface area contributed by atoms with Crippen LogP contribution in [0.15, 0.2) is 45.9 Å². The summed E-state index contributed by atoms with van der Waals surface area (Å²) in [5, 5.41) is 4.81. The van der Waals surface area contributed by atoms with Gasteiger partial charge in [-0.05, 0) is 36.8 Å². The van der Waals surface area contributed by atoms with Crippen LogP contribution in [0, 0.1) is 6.92 Å². The van der Waals surface area contributed by atoms with Crippen molar-refractivity contribution >= 4 is 17.8 Å². The van der Waals surface area contributed by atoms with Gasteiger partial charge in [-0.25, -0.2) is 0 Å². The molecule has 0 aliphatic carbocycles. The molecule has 4 heteroatoms. The van der Waals surface area contributed by atoms with E-state index >= 15 is 0 Å². The molecule has 88 valence electrons. The van der Waals surface area contributed by atoms with E-state index < -0.39 is 0 Å². The van der Waals surface area contributed by atoms with Gasteiger partial charge in [0.1, 0.15) is 11.5 Å². The summed E-state index contributed by atoms with van der Waals surface area (Å²) >= 11 is 5.79. The molecule has 0 unspecified atom stereocenters. The van der Waals surface area contributed by atoms with Crippen LogP contribution in [0.4, 0.5) is 0 Å². The fourth-order valence-corrected chi connectivity index (χ4v) is 1.50. The Bertz CT molecular complexity index is 502. The van der Waals surface area contributed by atoms with Gasteiger partial charge in [-0.1, -0.05) is 23.7 Å². The monoisotopic (exact) mass is 248 g/mol. The van der Waals surface area contributed by atoms with E-state index in [9.17, 15) is 0 Å². The fourth-order valence-electron chi connectivity index (χ4n) is 1.37. The summed E-state index contributed by atoms with van der Waals surface area (Å²) < 4.78 is 5.34. The highest BCUT2D eigenvalue weighted by atomic mass is 35.5. The fraction of sp³-hybridized carbons (Fsp3) is 0.154. The van der Waals surface area contributed by atoms with Crippen LogP contribution in [0.3, 0.4) is 0 Å². The molecule has 17 heavy (non-hydrogen) atoms. The molecule has 0 aliphatic heterocycles. The van der Waals surface area contributed by atoms with E-state index in [0.717, 1.165) is 22.1 Å². The summed E-state index contributed by atoms with van der Waals surface area (Å²) in [5.74, 6) is 1.62. The van der Waals surface area contributed by atoms with Crippen molar-refractivity contribution in [1.29, 1.82) is 0 Å². The second-order valence-corrected chi connectivity index (χ2v) is 4.10. The molecule has 0 atom stereocenters. The zero-order chi connectivity index (χ0) is 12.1. The summed E-state index contributed by atoms with van der Waals surface area (Å²) in [6.07, 6.45) is 1.66. The Morgan fingerprint density at radius 1 is 1.24 bits per heavy atom. The molecule has 1 aromatic heterocycles. The van der Waals surface area contributed by atoms with Crippen LogP contribution >= 0.6 is 11.6 Å². The molecule has 3 nitrogen and oxygen atoms in total. The number of aryl methyl sites for hydroxylation is 1.